The van der Waals surface area contributed by atoms with Gasteiger partial charge in [0.2, 0.25) is 5.91 Å². The van der Waals surface area contributed by atoms with Gasteiger partial charge < -0.3 is 19.7 Å². The van der Waals surface area contributed by atoms with Crippen LogP contribution in [0.5, 0.6) is 0 Å². The minimum Gasteiger partial charge on any atom is -0.380 e. The van der Waals surface area contributed by atoms with E-state index in [-0.39, 0.29) is 5.91 Å². The number of carbonyl (C=O) groups excluding carboxylic acids is 1. The van der Waals surface area contributed by atoms with Gasteiger partial charge in [0.25, 0.3) is 0 Å². The largest absolute Gasteiger partial charge is 0.380 e. The number of hydrogen-bond donors (Lipinski definition) is 1. The van der Waals surface area contributed by atoms with E-state index in [1.165, 1.54) is 0 Å². The Morgan fingerprint density at radius 3 is 2.73 bits per heavy atom. The molecule has 1 aliphatic heterocycles. The lowest BCUT2D eigenvalue weighted by Crippen LogP contribution is -2.36. The average molecular weight is 355 g/mol. The molecule has 6 heteroatoms. The summed E-state index contributed by atoms with van der Waals surface area (Å²) in [6, 6.07) is 11.8. The molecule has 1 saturated heterocycles. The molecule has 0 unspecified atom stereocenters. The number of carbonyl (C=O) groups is 1. The molecule has 1 amide bonds. The lowest BCUT2D eigenvalue weighted by Gasteiger charge is -2.28. The number of nitrogens with one attached hydrogen (secondary N) is 1. The number of rotatable bonds is 6. The van der Waals surface area contributed by atoms with Gasteiger partial charge in [-0.05, 0) is 30.2 Å². The van der Waals surface area contributed by atoms with E-state index in [1.807, 2.05) is 43.3 Å². The van der Waals surface area contributed by atoms with Crippen LogP contribution in [0, 0.1) is 6.92 Å². The molecule has 2 heterocycles. The quantitative estimate of drug-likeness (QED) is 0.863. The van der Waals surface area contributed by atoms with Crippen LogP contribution in [-0.2, 0) is 27.3 Å². The van der Waals surface area contributed by atoms with Crippen molar-refractivity contribution in [3.05, 3.63) is 53.2 Å². The first-order chi connectivity index (χ1) is 12.7. The Morgan fingerprint density at radius 1 is 1.23 bits per heavy atom. The monoisotopic (exact) mass is 355 g/mol. The fourth-order valence-electron chi connectivity index (χ4n) is 3.02. The first-order valence-electron chi connectivity index (χ1n) is 8.82. The van der Waals surface area contributed by atoms with Gasteiger partial charge in [0.05, 0.1) is 37.6 Å². The SMILES string of the molecule is COCc1cccc(CC(=O)Nc2ccc(N3CCOCC3)nc2C)c1. The molecule has 0 saturated carbocycles. The maximum atomic E-state index is 12.4. The molecule has 3 rings (SSSR count). The third-order valence-corrected chi connectivity index (χ3v) is 4.35. The topological polar surface area (TPSA) is 63.7 Å². The zero-order chi connectivity index (χ0) is 18.4. The molecular weight excluding hydrogens is 330 g/mol. The van der Waals surface area contributed by atoms with E-state index >= 15 is 0 Å². The normalized spacial score (nSPS) is 14.3. The van der Waals surface area contributed by atoms with Gasteiger partial charge in [-0.15, -0.1) is 0 Å². The van der Waals surface area contributed by atoms with Crippen LogP contribution in [0.1, 0.15) is 16.8 Å². The van der Waals surface area contributed by atoms with Crippen molar-refractivity contribution in [3.63, 3.8) is 0 Å². The molecule has 6 nitrogen and oxygen atoms in total. The molecular formula is C20H25N3O3. The molecule has 1 aromatic carbocycles. The van der Waals surface area contributed by atoms with E-state index < -0.39 is 0 Å². The molecule has 1 fully saturated rings. The van der Waals surface area contributed by atoms with E-state index in [9.17, 15) is 4.79 Å². The highest BCUT2D eigenvalue weighted by atomic mass is 16.5. The summed E-state index contributed by atoms with van der Waals surface area (Å²) in [5.41, 5.74) is 3.59. The molecule has 0 radical (unpaired) electrons. The number of hydrogen-bond acceptors (Lipinski definition) is 5. The minimum atomic E-state index is -0.0522. The summed E-state index contributed by atoms with van der Waals surface area (Å²) < 4.78 is 10.5. The van der Waals surface area contributed by atoms with Gasteiger partial charge in [-0.3, -0.25) is 4.79 Å². The van der Waals surface area contributed by atoms with Crippen molar-refractivity contribution >= 4 is 17.4 Å². The first kappa shape index (κ1) is 18.4. The number of nitrogens with zero attached hydrogens (tertiary/aromatic N) is 2. The molecule has 0 spiro atoms. The standard InChI is InChI=1S/C20H25N3O3/c1-15-18(6-7-19(21-15)23-8-10-26-11-9-23)22-20(24)13-16-4-3-5-17(12-16)14-25-2/h3-7,12H,8-11,13-14H2,1-2H3,(H,22,24). The zero-order valence-electron chi connectivity index (χ0n) is 15.3. The van der Waals surface area contributed by atoms with Gasteiger partial charge in [-0.1, -0.05) is 24.3 Å². The summed E-state index contributed by atoms with van der Waals surface area (Å²) in [7, 11) is 1.66. The number of benzene rings is 1. The summed E-state index contributed by atoms with van der Waals surface area (Å²) in [4.78, 5) is 19.2. The third-order valence-electron chi connectivity index (χ3n) is 4.35. The van der Waals surface area contributed by atoms with Crippen LogP contribution < -0.4 is 10.2 Å². The van der Waals surface area contributed by atoms with Crippen molar-refractivity contribution < 1.29 is 14.3 Å². The van der Waals surface area contributed by atoms with Crippen molar-refractivity contribution in [2.75, 3.05) is 43.6 Å². The second kappa shape index (κ2) is 8.78. The van der Waals surface area contributed by atoms with E-state index in [1.54, 1.807) is 7.11 Å². The van der Waals surface area contributed by atoms with Crippen LogP contribution in [0.3, 0.4) is 0 Å². The summed E-state index contributed by atoms with van der Waals surface area (Å²) >= 11 is 0. The number of ether oxygens (including phenoxy) is 2. The summed E-state index contributed by atoms with van der Waals surface area (Å²) in [6.45, 7) is 5.59. The molecule has 2 aromatic rings. The number of aryl methyl sites for hydroxylation is 1. The fraction of sp³-hybridized carbons (Fsp3) is 0.400. The average Bonchev–Trinajstić information content (AvgIpc) is 2.65. The van der Waals surface area contributed by atoms with Gasteiger partial charge in [-0.2, -0.15) is 0 Å². The number of anilines is 2. The van der Waals surface area contributed by atoms with Crippen molar-refractivity contribution in [1.82, 2.24) is 4.98 Å². The van der Waals surface area contributed by atoms with Gasteiger partial charge in [-0.25, -0.2) is 4.98 Å². The summed E-state index contributed by atoms with van der Waals surface area (Å²) in [6.07, 6.45) is 0.322. The van der Waals surface area contributed by atoms with Crippen molar-refractivity contribution in [3.8, 4) is 0 Å². The number of morpholine rings is 1. The Labute approximate surface area is 154 Å². The van der Waals surface area contributed by atoms with E-state index in [0.717, 1.165) is 54.6 Å². The van der Waals surface area contributed by atoms with Crippen molar-refractivity contribution in [2.24, 2.45) is 0 Å². The second-order valence-electron chi connectivity index (χ2n) is 6.38. The van der Waals surface area contributed by atoms with Gasteiger partial charge in [0.1, 0.15) is 5.82 Å². The molecule has 1 aromatic heterocycles. The third kappa shape index (κ3) is 4.80. The maximum Gasteiger partial charge on any atom is 0.228 e. The molecule has 26 heavy (non-hydrogen) atoms. The van der Waals surface area contributed by atoms with Crippen LogP contribution in [0.4, 0.5) is 11.5 Å². The van der Waals surface area contributed by atoms with E-state index in [0.29, 0.717) is 13.0 Å². The predicted molar refractivity (Wildman–Crippen MR) is 101 cm³/mol. The van der Waals surface area contributed by atoms with Crippen molar-refractivity contribution in [2.45, 2.75) is 20.0 Å². The Bertz CT molecular complexity index is 758. The van der Waals surface area contributed by atoms with Crippen LogP contribution in [0.25, 0.3) is 0 Å². The number of pyridine rings is 1. The zero-order valence-corrected chi connectivity index (χ0v) is 15.3. The van der Waals surface area contributed by atoms with Crippen molar-refractivity contribution in [1.29, 1.82) is 0 Å². The van der Waals surface area contributed by atoms with Crippen LogP contribution >= 0.6 is 0 Å². The molecule has 0 aliphatic carbocycles. The minimum absolute atomic E-state index is 0.0522. The van der Waals surface area contributed by atoms with E-state index in [2.05, 4.69) is 15.2 Å². The van der Waals surface area contributed by atoms with Gasteiger partial charge in [0.15, 0.2) is 0 Å². The number of aromatic nitrogens is 1. The van der Waals surface area contributed by atoms with Gasteiger partial charge >= 0.3 is 0 Å². The fourth-order valence-corrected chi connectivity index (χ4v) is 3.02. The molecule has 0 atom stereocenters. The molecule has 1 N–H and O–H groups in total. The van der Waals surface area contributed by atoms with Crippen LogP contribution in [-0.4, -0.2) is 44.3 Å². The predicted octanol–water partition coefficient (Wildman–Crippen LogP) is 2.55. The van der Waals surface area contributed by atoms with Crippen LogP contribution in [0.2, 0.25) is 0 Å². The highest BCUT2D eigenvalue weighted by Gasteiger charge is 2.14. The smallest absolute Gasteiger partial charge is 0.228 e. The summed E-state index contributed by atoms with van der Waals surface area (Å²) in [5, 5.41) is 2.96. The van der Waals surface area contributed by atoms with Crippen LogP contribution in [0.15, 0.2) is 36.4 Å². The Morgan fingerprint density at radius 2 is 2.00 bits per heavy atom. The van der Waals surface area contributed by atoms with E-state index in [4.69, 9.17) is 9.47 Å². The Balaban J connectivity index is 1.62. The molecule has 1 aliphatic rings. The number of methoxy groups -OCH3 is 1. The molecule has 0 bridgehead atoms. The molecule has 138 valence electrons. The number of amides is 1. The lowest BCUT2D eigenvalue weighted by atomic mass is 10.1. The maximum absolute atomic E-state index is 12.4. The van der Waals surface area contributed by atoms with Gasteiger partial charge in [0, 0.05) is 20.2 Å². The summed E-state index contributed by atoms with van der Waals surface area (Å²) in [5.74, 6) is 0.875. The Hall–Kier alpha value is -2.44. The highest BCUT2D eigenvalue weighted by molar-refractivity contribution is 5.92. The second-order valence-corrected chi connectivity index (χ2v) is 6.38. The highest BCUT2D eigenvalue weighted by Crippen LogP contribution is 2.20. The first-order valence-corrected chi connectivity index (χ1v) is 8.82. The Kier molecular flexibility index (Phi) is 6.20. The lowest BCUT2D eigenvalue weighted by molar-refractivity contribution is -0.115.